The van der Waals surface area contributed by atoms with E-state index in [9.17, 15) is 4.57 Å². The summed E-state index contributed by atoms with van der Waals surface area (Å²) in [6.07, 6.45) is 0. The lowest BCUT2D eigenvalue weighted by Gasteiger charge is -2.08. The average Bonchev–Trinajstić information content (AvgIpc) is 1.62. The molecular weight excluding hydrogens is 131 g/mol. The van der Waals surface area contributed by atoms with E-state index in [1.807, 2.05) is 6.92 Å². The SMILES string of the molecule is C=C(C)C(=C)P(C)(C)=O. The molecule has 0 aliphatic carbocycles. The van der Waals surface area contributed by atoms with Gasteiger partial charge in [0.25, 0.3) is 0 Å². The first kappa shape index (κ1) is 8.71. The Balaban J connectivity index is 4.43. The molecule has 1 nitrogen and oxygen atoms in total. The second kappa shape index (κ2) is 2.53. The van der Waals surface area contributed by atoms with E-state index >= 15 is 0 Å². The Bertz CT molecular complexity index is 185. The smallest absolute Gasteiger partial charge is 0.109 e. The molecule has 0 rings (SSSR count). The van der Waals surface area contributed by atoms with Crippen molar-refractivity contribution >= 4 is 7.14 Å². The highest BCUT2D eigenvalue weighted by molar-refractivity contribution is 7.66. The minimum Gasteiger partial charge on any atom is -0.319 e. The van der Waals surface area contributed by atoms with Crippen LogP contribution in [0.25, 0.3) is 0 Å². The van der Waals surface area contributed by atoms with Crippen LogP contribution in [0.3, 0.4) is 0 Å². The molecule has 0 aromatic heterocycles. The van der Waals surface area contributed by atoms with Gasteiger partial charge < -0.3 is 4.57 Å². The van der Waals surface area contributed by atoms with Crippen LogP contribution in [0.4, 0.5) is 0 Å². The van der Waals surface area contributed by atoms with E-state index in [1.54, 1.807) is 13.3 Å². The van der Waals surface area contributed by atoms with E-state index in [2.05, 4.69) is 13.2 Å². The Hall–Kier alpha value is -0.290. The molecule has 0 atom stereocenters. The van der Waals surface area contributed by atoms with Crippen molar-refractivity contribution in [2.75, 3.05) is 13.3 Å². The molecule has 0 aromatic carbocycles. The van der Waals surface area contributed by atoms with Crippen molar-refractivity contribution in [2.24, 2.45) is 0 Å². The van der Waals surface area contributed by atoms with E-state index < -0.39 is 7.14 Å². The summed E-state index contributed by atoms with van der Waals surface area (Å²) in [6.45, 7) is 12.5. The molecule has 9 heavy (non-hydrogen) atoms. The second-order valence-electron chi connectivity index (χ2n) is 2.58. The highest BCUT2D eigenvalue weighted by Gasteiger charge is 2.11. The molecule has 0 fully saturated rings. The number of rotatable bonds is 2. The molecule has 2 heteroatoms. The molecule has 0 aliphatic heterocycles. The molecule has 0 heterocycles. The zero-order chi connectivity index (χ0) is 7.65. The van der Waals surface area contributed by atoms with Crippen LogP contribution in [0.1, 0.15) is 6.92 Å². The second-order valence-corrected chi connectivity index (χ2v) is 5.82. The van der Waals surface area contributed by atoms with E-state index in [0.29, 0.717) is 5.31 Å². The lowest BCUT2D eigenvalue weighted by molar-refractivity contribution is 0.586. The van der Waals surface area contributed by atoms with E-state index in [4.69, 9.17) is 0 Å². The number of hydrogen-bond acceptors (Lipinski definition) is 1. The zero-order valence-electron chi connectivity index (χ0n) is 6.27. The minimum atomic E-state index is -2.11. The van der Waals surface area contributed by atoms with Crippen molar-refractivity contribution in [1.82, 2.24) is 0 Å². The van der Waals surface area contributed by atoms with Crippen LogP contribution in [0.5, 0.6) is 0 Å². The summed E-state index contributed by atoms with van der Waals surface area (Å²) in [5, 5.41) is 0.697. The first-order valence-electron chi connectivity index (χ1n) is 2.76. The van der Waals surface area contributed by atoms with Crippen LogP contribution in [0, 0.1) is 0 Å². The van der Waals surface area contributed by atoms with E-state index in [-0.39, 0.29) is 0 Å². The standard InChI is InChI=1S/C7H13OP/c1-6(2)7(3)9(4,5)8/h1,3H2,2,4-5H3. The van der Waals surface area contributed by atoms with E-state index in [1.165, 1.54) is 0 Å². The van der Waals surface area contributed by atoms with Gasteiger partial charge in [-0.05, 0) is 25.8 Å². The fourth-order valence-corrected chi connectivity index (χ4v) is 1.38. The summed E-state index contributed by atoms with van der Waals surface area (Å²) in [5.74, 6) is 0. The molecular formula is C7H13OP. The van der Waals surface area contributed by atoms with Crippen LogP contribution in [-0.4, -0.2) is 13.3 Å². The molecule has 0 aromatic rings. The molecule has 0 saturated carbocycles. The third kappa shape index (κ3) is 2.67. The zero-order valence-corrected chi connectivity index (χ0v) is 7.16. The summed E-state index contributed by atoms with van der Waals surface area (Å²) in [6, 6.07) is 0. The molecule has 0 spiro atoms. The lowest BCUT2D eigenvalue weighted by Crippen LogP contribution is -1.81. The Kier molecular flexibility index (Phi) is 2.45. The molecule has 0 aliphatic rings. The van der Waals surface area contributed by atoms with Crippen LogP contribution < -0.4 is 0 Å². The number of hydrogen-bond donors (Lipinski definition) is 0. The molecule has 0 unspecified atom stereocenters. The molecule has 0 N–H and O–H groups in total. The van der Waals surface area contributed by atoms with Crippen molar-refractivity contribution < 1.29 is 4.57 Å². The van der Waals surface area contributed by atoms with Gasteiger partial charge in [0.15, 0.2) is 0 Å². The van der Waals surface area contributed by atoms with Gasteiger partial charge in [0.1, 0.15) is 7.14 Å². The maximum Gasteiger partial charge on any atom is 0.109 e. The van der Waals surface area contributed by atoms with Gasteiger partial charge in [-0.25, -0.2) is 0 Å². The first-order valence-corrected chi connectivity index (χ1v) is 5.36. The molecule has 52 valence electrons. The molecule has 0 radical (unpaired) electrons. The van der Waals surface area contributed by atoms with Crippen molar-refractivity contribution in [3.05, 3.63) is 24.0 Å². The fraction of sp³-hybridized carbons (Fsp3) is 0.429. The van der Waals surface area contributed by atoms with Crippen LogP contribution in [0.15, 0.2) is 24.0 Å². The first-order chi connectivity index (χ1) is 3.85. The normalized spacial score (nSPS) is 11.0. The Labute approximate surface area is 56.8 Å². The van der Waals surface area contributed by atoms with Crippen molar-refractivity contribution in [3.63, 3.8) is 0 Å². The van der Waals surface area contributed by atoms with E-state index in [0.717, 1.165) is 5.57 Å². The quantitative estimate of drug-likeness (QED) is 0.430. The van der Waals surface area contributed by atoms with Gasteiger partial charge in [0, 0.05) is 5.31 Å². The monoisotopic (exact) mass is 144 g/mol. The van der Waals surface area contributed by atoms with Gasteiger partial charge in [-0.15, -0.1) is 0 Å². The van der Waals surface area contributed by atoms with Crippen LogP contribution >= 0.6 is 7.14 Å². The Morgan fingerprint density at radius 1 is 1.33 bits per heavy atom. The Morgan fingerprint density at radius 2 is 1.67 bits per heavy atom. The highest BCUT2D eigenvalue weighted by Crippen LogP contribution is 2.47. The summed E-state index contributed by atoms with van der Waals surface area (Å²) in [4.78, 5) is 0. The third-order valence-electron chi connectivity index (χ3n) is 1.14. The summed E-state index contributed by atoms with van der Waals surface area (Å²) < 4.78 is 11.2. The third-order valence-corrected chi connectivity index (χ3v) is 2.82. The molecule has 0 saturated heterocycles. The fourth-order valence-electron chi connectivity index (χ4n) is 0.460. The summed E-state index contributed by atoms with van der Waals surface area (Å²) in [5.41, 5.74) is 0.823. The van der Waals surface area contributed by atoms with Gasteiger partial charge >= 0.3 is 0 Å². The largest absolute Gasteiger partial charge is 0.319 e. The highest BCUT2D eigenvalue weighted by atomic mass is 31.2. The van der Waals surface area contributed by atoms with Gasteiger partial charge in [-0.1, -0.05) is 13.2 Å². The Morgan fingerprint density at radius 3 is 1.67 bits per heavy atom. The van der Waals surface area contributed by atoms with Crippen LogP contribution in [-0.2, 0) is 4.57 Å². The molecule has 0 amide bonds. The molecule has 0 bridgehead atoms. The summed E-state index contributed by atoms with van der Waals surface area (Å²) >= 11 is 0. The van der Waals surface area contributed by atoms with Crippen molar-refractivity contribution in [3.8, 4) is 0 Å². The predicted octanol–water partition coefficient (Wildman–Crippen LogP) is 2.70. The maximum atomic E-state index is 11.2. The van der Waals surface area contributed by atoms with Gasteiger partial charge in [0.05, 0.1) is 0 Å². The maximum absolute atomic E-state index is 11.2. The summed E-state index contributed by atoms with van der Waals surface area (Å²) in [7, 11) is -2.11. The minimum absolute atomic E-state index is 0.697. The van der Waals surface area contributed by atoms with Gasteiger partial charge in [-0.3, -0.25) is 0 Å². The van der Waals surface area contributed by atoms with Crippen molar-refractivity contribution in [1.29, 1.82) is 0 Å². The number of allylic oxidation sites excluding steroid dienone is 2. The average molecular weight is 144 g/mol. The topological polar surface area (TPSA) is 17.1 Å². The van der Waals surface area contributed by atoms with Gasteiger partial charge in [0.2, 0.25) is 0 Å². The van der Waals surface area contributed by atoms with Crippen LogP contribution in [0.2, 0.25) is 0 Å². The van der Waals surface area contributed by atoms with Gasteiger partial charge in [-0.2, -0.15) is 0 Å². The lowest BCUT2D eigenvalue weighted by atomic mass is 10.3. The van der Waals surface area contributed by atoms with Crippen molar-refractivity contribution in [2.45, 2.75) is 6.92 Å². The predicted molar refractivity (Wildman–Crippen MR) is 43.4 cm³/mol.